The van der Waals surface area contributed by atoms with Gasteiger partial charge in [0.1, 0.15) is 0 Å². The Morgan fingerprint density at radius 3 is 2.62 bits per heavy atom. The van der Waals surface area contributed by atoms with Gasteiger partial charge < -0.3 is 15.0 Å². The highest BCUT2D eigenvalue weighted by Gasteiger charge is 2.23. The molecule has 0 aromatic carbocycles. The highest BCUT2D eigenvalue weighted by atomic mass is 16.5. The number of nitrogens with one attached hydrogen (secondary N) is 1. The van der Waals surface area contributed by atoms with Crippen LogP contribution in [-0.4, -0.2) is 74.6 Å². The first kappa shape index (κ1) is 16.2. The van der Waals surface area contributed by atoms with Gasteiger partial charge in [-0.2, -0.15) is 0 Å². The molecule has 6 nitrogen and oxygen atoms in total. The SMILES string of the molecule is COC(=O)CN1CCN(C(=O)CCC2CCCNC2)CC1. The summed E-state index contributed by atoms with van der Waals surface area (Å²) in [4.78, 5) is 27.4. The molecule has 2 heterocycles. The number of ether oxygens (including phenoxy) is 1. The number of rotatable bonds is 5. The molecule has 120 valence electrons. The molecule has 1 unspecified atom stereocenters. The standard InChI is InChI=1S/C15H27N3O3/c1-21-15(20)12-17-7-9-18(10-8-17)14(19)5-4-13-3-2-6-16-11-13/h13,16H,2-12H2,1H3. The van der Waals surface area contributed by atoms with Gasteiger partial charge in [0.2, 0.25) is 5.91 Å². The summed E-state index contributed by atoms with van der Waals surface area (Å²) in [5.74, 6) is 0.709. The second kappa shape index (κ2) is 8.34. The largest absolute Gasteiger partial charge is 0.468 e. The van der Waals surface area contributed by atoms with Crippen LogP contribution in [0.4, 0.5) is 0 Å². The Bertz CT molecular complexity index is 348. The molecule has 0 bridgehead atoms. The lowest BCUT2D eigenvalue weighted by Gasteiger charge is -2.34. The molecule has 0 saturated carbocycles. The van der Waals surface area contributed by atoms with E-state index in [0.717, 1.165) is 45.7 Å². The molecule has 0 aliphatic carbocycles. The molecule has 2 aliphatic heterocycles. The molecule has 2 fully saturated rings. The molecule has 21 heavy (non-hydrogen) atoms. The average molecular weight is 297 g/mol. The minimum absolute atomic E-state index is 0.209. The molecule has 1 amide bonds. The number of piperidine rings is 1. The lowest BCUT2D eigenvalue weighted by molar-refractivity contribution is -0.142. The third-order valence-electron chi connectivity index (χ3n) is 4.47. The topological polar surface area (TPSA) is 61.9 Å². The average Bonchev–Trinajstić information content (AvgIpc) is 2.54. The van der Waals surface area contributed by atoms with Crippen LogP contribution in [0.2, 0.25) is 0 Å². The Balaban J connectivity index is 1.64. The summed E-state index contributed by atoms with van der Waals surface area (Å²) >= 11 is 0. The third kappa shape index (κ3) is 5.28. The number of hydrogen-bond acceptors (Lipinski definition) is 5. The quantitative estimate of drug-likeness (QED) is 0.729. The van der Waals surface area contributed by atoms with E-state index in [1.54, 1.807) is 0 Å². The summed E-state index contributed by atoms with van der Waals surface area (Å²) in [5, 5.41) is 3.39. The summed E-state index contributed by atoms with van der Waals surface area (Å²) in [5.41, 5.74) is 0. The number of amides is 1. The summed E-state index contributed by atoms with van der Waals surface area (Å²) in [6.45, 7) is 5.45. The number of carbonyl (C=O) groups excluding carboxylic acids is 2. The van der Waals surface area contributed by atoms with Gasteiger partial charge in [-0.05, 0) is 38.3 Å². The fourth-order valence-electron chi connectivity index (χ4n) is 3.06. The molecule has 0 radical (unpaired) electrons. The highest BCUT2D eigenvalue weighted by molar-refractivity contribution is 5.76. The van der Waals surface area contributed by atoms with Crippen molar-refractivity contribution in [2.75, 3.05) is 52.9 Å². The number of esters is 1. The number of nitrogens with zero attached hydrogens (tertiary/aromatic N) is 2. The van der Waals surface area contributed by atoms with Crippen molar-refractivity contribution in [3.63, 3.8) is 0 Å². The van der Waals surface area contributed by atoms with Gasteiger partial charge in [-0.3, -0.25) is 14.5 Å². The van der Waals surface area contributed by atoms with E-state index in [1.165, 1.54) is 20.0 Å². The zero-order chi connectivity index (χ0) is 15.1. The van der Waals surface area contributed by atoms with Gasteiger partial charge >= 0.3 is 5.97 Å². The smallest absolute Gasteiger partial charge is 0.319 e. The Labute approximate surface area is 126 Å². The van der Waals surface area contributed by atoms with Gasteiger partial charge in [-0.1, -0.05) is 0 Å². The van der Waals surface area contributed by atoms with Gasteiger partial charge in [0, 0.05) is 32.6 Å². The van der Waals surface area contributed by atoms with E-state index in [0.29, 0.717) is 18.9 Å². The molecule has 2 aliphatic rings. The van der Waals surface area contributed by atoms with Crippen molar-refractivity contribution in [3.8, 4) is 0 Å². The van der Waals surface area contributed by atoms with Gasteiger partial charge in [-0.25, -0.2) is 0 Å². The lowest BCUT2D eigenvalue weighted by Crippen LogP contribution is -2.50. The maximum Gasteiger partial charge on any atom is 0.319 e. The normalized spacial score (nSPS) is 23.9. The zero-order valence-electron chi connectivity index (χ0n) is 13.0. The van der Waals surface area contributed by atoms with Gasteiger partial charge in [-0.15, -0.1) is 0 Å². The molecule has 6 heteroatoms. The molecule has 0 aromatic heterocycles. The fraction of sp³-hybridized carbons (Fsp3) is 0.867. The zero-order valence-corrected chi connectivity index (χ0v) is 13.0. The van der Waals surface area contributed by atoms with Crippen molar-refractivity contribution >= 4 is 11.9 Å². The molecular weight excluding hydrogens is 270 g/mol. The van der Waals surface area contributed by atoms with Crippen molar-refractivity contribution in [1.82, 2.24) is 15.1 Å². The van der Waals surface area contributed by atoms with Crippen molar-refractivity contribution in [2.24, 2.45) is 5.92 Å². The minimum Gasteiger partial charge on any atom is -0.468 e. The Hall–Kier alpha value is -1.14. The van der Waals surface area contributed by atoms with Crippen LogP contribution in [-0.2, 0) is 14.3 Å². The first-order chi connectivity index (χ1) is 10.2. The van der Waals surface area contributed by atoms with Crippen LogP contribution in [0.5, 0.6) is 0 Å². The van der Waals surface area contributed by atoms with Gasteiger partial charge in [0.05, 0.1) is 13.7 Å². The van der Waals surface area contributed by atoms with E-state index in [2.05, 4.69) is 10.1 Å². The van der Waals surface area contributed by atoms with Crippen LogP contribution in [0, 0.1) is 5.92 Å². The molecule has 0 spiro atoms. The molecule has 0 aromatic rings. The molecular formula is C15H27N3O3. The van der Waals surface area contributed by atoms with E-state index in [1.807, 2.05) is 9.80 Å². The van der Waals surface area contributed by atoms with E-state index in [9.17, 15) is 9.59 Å². The number of methoxy groups -OCH3 is 1. The Kier molecular flexibility index (Phi) is 6.45. The molecule has 2 rings (SSSR count). The van der Waals surface area contributed by atoms with Gasteiger partial charge in [0.25, 0.3) is 0 Å². The predicted octanol–water partition coefficient (Wildman–Crippen LogP) is 0.0834. The van der Waals surface area contributed by atoms with E-state index < -0.39 is 0 Å². The second-order valence-electron chi connectivity index (χ2n) is 5.98. The van der Waals surface area contributed by atoms with Crippen LogP contribution in [0.25, 0.3) is 0 Å². The van der Waals surface area contributed by atoms with Crippen LogP contribution in [0.3, 0.4) is 0 Å². The lowest BCUT2D eigenvalue weighted by atomic mass is 9.94. The van der Waals surface area contributed by atoms with Crippen LogP contribution >= 0.6 is 0 Å². The number of hydrogen-bond donors (Lipinski definition) is 1. The van der Waals surface area contributed by atoms with E-state index in [4.69, 9.17) is 0 Å². The number of carbonyl (C=O) groups is 2. The first-order valence-electron chi connectivity index (χ1n) is 7.96. The summed E-state index contributed by atoms with van der Waals surface area (Å²) in [6, 6.07) is 0. The third-order valence-corrected chi connectivity index (χ3v) is 4.47. The summed E-state index contributed by atoms with van der Waals surface area (Å²) in [7, 11) is 1.40. The van der Waals surface area contributed by atoms with Crippen molar-refractivity contribution in [1.29, 1.82) is 0 Å². The summed E-state index contributed by atoms with van der Waals surface area (Å²) < 4.78 is 4.67. The number of piperazine rings is 1. The predicted molar refractivity (Wildman–Crippen MR) is 79.9 cm³/mol. The Morgan fingerprint density at radius 1 is 1.24 bits per heavy atom. The van der Waals surface area contributed by atoms with E-state index >= 15 is 0 Å². The minimum atomic E-state index is -0.209. The molecule has 1 atom stereocenters. The van der Waals surface area contributed by atoms with Gasteiger partial charge in [0.15, 0.2) is 0 Å². The molecule has 2 saturated heterocycles. The van der Waals surface area contributed by atoms with Crippen molar-refractivity contribution in [2.45, 2.75) is 25.7 Å². The van der Waals surface area contributed by atoms with Crippen LogP contribution in [0.1, 0.15) is 25.7 Å². The highest BCUT2D eigenvalue weighted by Crippen LogP contribution is 2.17. The van der Waals surface area contributed by atoms with Crippen molar-refractivity contribution < 1.29 is 14.3 Å². The Morgan fingerprint density at radius 2 is 2.00 bits per heavy atom. The van der Waals surface area contributed by atoms with E-state index in [-0.39, 0.29) is 11.9 Å². The fourth-order valence-corrected chi connectivity index (χ4v) is 3.06. The second-order valence-corrected chi connectivity index (χ2v) is 5.98. The monoisotopic (exact) mass is 297 g/mol. The maximum absolute atomic E-state index is 12.2. The summed E-state index contributed by atoms with van der Waals surface area (Å²) in [6.07, 6.45) is 4.12. The van der Waals surface area contributed by atoms with Crippen LogP contribution < -0.4 is 5.32 Å². The van der Waals surface area contributed by atoms with Crippen LogP contribution in [0.15, 0.2) is 0 Å². The van der Waals surface area contributed by atoms with Crippen molar-refractivity contribution in [3.05, 3.63) is 0 Å². The maximum atomic E-state index is 12.2. The molecule has 1 N–H and O–H groups in total. The first-order valence-corrected chi connectivity index (χ1v) is 7.96.